The van der Waals surface area contributed by atoms with Crippen LogP contribution >= 0.6 is 0 Å². The molecule has 2 aromatic carbocycles. The molecule has 30 heavy (non-hydrogen) atoms. The number of rotatable bonds is 5. The lowest BCUT2D eigenvalue weighted by molar-refractivity contribution is 0.102. The van der Waals surface area contributed by atoms with Crippen LogP contribution < -0.4 is 10.6 Å². The Bertz CT molecular complexity index is 1310. The number of anilines is 3. The second-order valence-electron chi connectivity index (χ2n) is 6.88. The monoisotopic (exact) mass is 394 g/mol. The van der Waals surface area contributed by atoms with Crippen molar-refractivity contribution < 1.29 is 4.79 Å². The number of nitrogens with one attached hydrogen (secondary N) is 4. The van der Waals surface area contributed by atoms with Crippen LogP contribution in [-0.2, 0) is 0 Å². The molecule has 5 aromatic rings. The Morgan fingerprint density at radius 2 is 1.80 bits per heavy atom. The summed E-state index contributed by atoms with van der Waals surface area (Å²) < 4.78 is 0. The Morgan fingerprint density at radius 1 is 0.867 bits per heavy atom. The molecule has 0 aliphatic carbocycles. The topological polar surface area (TPSA) is 98.5 Å². The van der Waals surface area contributed by atoms with Crippen molar-refractivity contribution in [1.82, 2.24) is 20.2 Å². The van der Waals surface area contributed by atoms with Crippen molar-refractivity contribution in [2.75, 3.05) is 10.6 Å². The molecule has 0 bridgehead atoms. The molecule has 7 heteroatoms. The summed E-state index contributed by atoms with van der Waals surface area (Å²) in [4.78, 5) is 18.8. The maximum absolute atomic E-state index is 12.5. The molecule has 0 atom stereocenters. The zero-order chi connectivity index (χ0) is 20.3. The van der Waals surface area contributed by atoms with Crippen LogP contribution in [0.4, 0.5) is 17.1 Å². The van der Waals surface area contributed by atoms with Crippen molar-refractivity contribution in [2.24, 2.45) is 0 Å². The van der Waals surface area contributed by atoms with Gasteiger partial charge in [0.1, 0.15) is 5.69 Å². The van der Waals surface area contributed by atoms with Crippen LogP contribution in [0, 0.1) is 0 Å². The van der Waals surface area contributed by atoms with Crippen LogP contribution in [0.15, 0.2) is 85.5 Å². The number of hydrogen-bond donors (Lipinski definition) is 4. The van der Waals surface area contributed by atoms with E-state index in [4.69, 9.17) is 0 Å². The van der Waals surface area contributed by atoms with Gasteiger partial charge in [-0.15, -0.1) is 0 Å². The van der Waals surface area contributed by atoms with Gasteiger partial charge in [0, 0.05) is 34.7 Å². The van der Waals surface area contributed by atoms with Gasteiger partial charge in [0.25, 0.3) is 5.91 Å². The maximum Gasteiger partial charge on any atom is 0.272 e. The van der Waals surface area contributed by atoms with E-state index < -0.39 is 0 Å². The third kappa shape index (κ3) is 3.64. The van der Waals surface area contributed by atoms with Crippen molar-refractivity contribution >= 4 is 33.9 Å². The molecule has 7 nitrogen and oxygen atoms in total. The molecule has 1 amide bonds. The quantitative estimate of drug-likeness (QED) is 0.339. The van der Waals surface area contributed by atoms with Crippen molar-refractivity contribution in [3.05, 3.63) is 91.1 Å². The highest BCUT2D eigenvalue weighted by atomic mass is 16.1. The Kier molecular flexibility index (Phi) is 4.46. The summed E-state index contributed by atoms with van der Waals surface area (Å²) >= 11 is 0. The molecule has 0 spiro atoms. The van der Waals surface area contributed by atoms with Crippen LogP contribution in [0.5, 0.6) is 0 Å². The summed E-state index contributed by atoms with van der Waals surface area (Å²) in [6.07, 6.45) is 6.92. The molecule has 3 aromatic heterocycles. The van der Waals surface area contributed by atoms with Crippen LogP contribution in [0.3, 0.4) is 0 Å². The molecule has 4 N–H and O–H groups in total. The van der Waals surface area contributed by atoms with E-state index in [1.54, 1.807) is 6.07 Å². The maximum atomic E-state index is 12.5. The zero-order valence-corrected chi connectivity index (χ0v) is 15.9. The second kappa shape index (κ2) is 7.56. The minimum atomic E-state index is -0.229. The van der Waals surface area contributed by atoms with Gasteiger partial charge in [-0.25, -0.2) is 0 Å². The minimum absolute atomic E-state index is 0.229. The molecule has 0 saturated heterocycles. The predicted octanol–water partition coefficient (Wildman–Crippen LogP) is 4.95. The van der Waals surface area contributed by atoms with Gasteiger partial charge in [-0.05, 0) is 53.6 Å². The normalized spacial score (nSPS) is 10.8. The van der Waals surface area contributed by atoms with Crippen LogP contribution in [-0.4, -0.2) is 26.1 Å². The summed E-state index contributed by atoms with van der Waals surface area (Å²) in [6.45, 7) is 0. The van der Waals surface area contributed by atoms with Crippen LogP contribution in [0.2, 0.25) is 0 Å². The molecule has 0 saturated carbocycles. The van der Waals surface area contributed by atoms with Gasteiger partial charge >= 0.3 is 0 Å². The molecule has 0 aliphatic heterocycles. The van der Waals surface area contributed by atoms with E-state index >= 15 is 0 Å². The Labute approximate surface area is 172 Å². The molecular weight excluding hydrogens is 376 g/mol. The summed E-state index contributed by atoms with van der Waals surface area (Å²) in [5.41, 5.74) is 6.14. The lowest BCUT2D eigenvalue weighted by Gasteiger charge is -2.08. The highest BCUT2D eigenvalue weighted by molar-refractivity contribution is 6.06. The summed E-state index contributed by atoms with van der Waals surface area (Å²) in [5, 5.41) is 14.7. The average molecular weight is 394 g/mol. The van der Waals surface area contributed by atoms with Gasteiger partial charge < -0.3 is 20.6 Å². The Morgan fingerprint density at radius 3 is 2.63 bits per heavy atom. The molecule has 0 fully saturated rings. The number of carbonyl (C=O) groups is 1. The van der Waals surface area contributed by atoms with Crippen LogP contribution in [0.25, 0.3) is 22.0 Å². The number of nitrogens with zero attached hydrogens (tertiary/aromatic N) is 2. The lowest BCUT2D eigenvalue weighted by Crippen LogP contribution is -2.12. The highest BCUT2D eigenvalue weighted by Gasteiger charge is 2.10. The van der Waals surface area contributed by atoms with Gasteiger partial charge in [-0.1, -0.05) is 18.2 Å². The largest absolute Gasteiger partial charge is 0.367 e. The first kappa shape index (κ1) is 17.7. The fourth-order valence-corrected chi connectivity index (χ4v) is 3.34. The van der Waals surface area contributed by atoms with Gasteiger partial charge in [-0.2, -0.15) is 10.2 Å². The molecule has 5 rings (SSSR count). The molecule has 146 valence electrons. The molecule has 0 aliphatic rings. The third-order valence-electron chi connectivity index (χ3n) is 4.79. The van der Waals surface area contributed by atoms with E-state index in [9.17, 15) is 4.79 Å². The van der Waals surface area contributed by atoms with Crippen molar-refractivity contribution in [1.29, 1.82) is 0 Å². The average Bonchev–Trinajstić information content (AvgIpc) is 3.45. The van der Waals surface area contributed by atoms with Crippen molar-refractivity contribution in [2.45, 2.75) is 0 Å². The second-order valence-corrected chi connectivity index (χ2v) is 6.88. The number of aromatic nitrogens is 4. The first-order valence-electron chi connectivity index (χ1n) is 9.46. The standard InChI is InChI=1S/C23H18N6O/c30-23(28-20-7-9-25-26-14-20)22-11-16-4-5-19(12-21(16)29-22)27-18-3-1-2-15(10-18)17-6-8-24-13-17/h1-14,24,27,29H,(H,25,28,30). The van der Waals surface area contributed by atoms with Crippen molar-refractivity contribution in [3.63, 3.8) is 0 Å². The molecular formula is C23H18N6O. The number of carbonyl (C=O) groups excluding carboxylic acids is 1. The lowest BCUT2D eigenvalue weighted by atomic mass is 10.1. The van der Waals surface area contributed by atoms with E-state index in [0.29, 0.717) is 11.4 Å². The Balaban J connectivity index is 1.37. The van der Waals surface area contributed by atoms with Gasteiger partial charge in [-0.3, -0.25) is 4.79 Å². The van der Waals surface area contributed by atoms with E-state index in [1.165, 1.54) is 12.4 Å². The molecule has 0 radical (unpaired) electrons. The summed E-state index contributed by atoms with van der Waals surface area (Å²) in [7, 11) is 0. The minimum Gasteiger partial charge on any atom is -0.367 e. The number of H-pyrrole nitrogens is 2. The zero-order valence-electron chi connectivity index (χ0n) is 15.9. The van der Waals surface area contributed by atoms with Gasteiger partial charge in [0.15, 0.2) is 0 Å². The predicted molar refractivity (Wildman–Crippen MR) is 118 cm³/mol. The van der Waals surface area contributed by atoms with Gasteiger partial charge in [0.2, 0.25) is 0 Å². The highest BCUT2D eigenvalue weighted by Crippen LogP contribution is 2.26. The Hall–Kier alpha value is -4.39. The number of hydrogen-bond acceptors (Lipinski definition) is 4. The van der Waals surface area contributed by atoms with E-state index in [-0.39, 0.29) is 5.91 Å². The third-order valence-corrected chi connectivity index (χ3v) is 4.79. The summed E-state index contributed by atoms with van der Waals surface area (Å²) in [6, 6.07) is 19.7. The molecule has 3 heterocycles. The smallest absolute Gasteiger partial charge is 0.272 e. The van der Waals surface area contributed by atoms with Crippen LogP contribution in [0.1, 0.15) is 10.5 Å². The van der Waals surface area contributed by atoms with E-state index in [2.05, 4.69) is 42.9 Å². The first-order valence-corrected chi connectivity index (χ1v) is 9.46. The van der Waals surface area contributed by atoms with Gasteiger partial charge in [0.05, 0.1) is 18.1 Å². The summed E-state index contributed by atoms with van der Waals surface area (Å²) in [5.74, 6) is -0.229. The SMILES string of the molecule is O=C(Nc1ccnnc1)c1cc2ccc(Nc3cccc(-c4cc[nH]c4)c3)cc2[nH]1. The number of amides is 1. The fourth-order valence-electron chi connectivity index (χ4n) is 3.34. The fraction of sp³-hybridized carbons (Fsp3) is 0. The van der Waals surface area contributed by atoms with E-state index in [1.807, 2.05) is 54.9 Å². The molecule has 0 unspecified atom stereocenters. The number of aromatic amines is 2. The first-order chi connectivity index (χ1) is 14.7. The van der Waals surface area contributed by atoms with E-state index in [0.717, 1.165) is 33.4 Å². The number of benzene rings is 2. The van der Waals surface area contributed by atoms with Crippen molar-refractivity contribution in [3.8, 4) is 11.1 Å². The number of fused-ring (bicyclic) bond motifs is 1.